The molecule has 0 radical (unpaired) electrons. The second-order valence-corrected chi connectivity index (χ2v) is 19.7. The number of ether oxygens (including phenoxy) is 1. The van der Waals surface area contributed by atoms with Crippen LogP contribution in [-0.4, -0.2) is 56.8 Å². The van der Waals surface area contributed by atoms with Crippen molar-refractivity contribution < 1.29 is 28.3 Å². The zero-order valence-electron chi connectivity index (χ0n) is 32.5. The van der Waals surface area contributed by atoms with E-state index < -0.39 is 50.2 Å². The van der Waals surface area contributed by atoms with E-state index >= 15 is 0 Å². The Hall–Kier alpha value is -4.02. The van der Waals surface area contributed by atoms with E-state index in [0.29, 0.717) is 0 Å². The smallest absolute Gasteiger partial charge is 0.329 e. The van der Waals surface area contributed by atoms with Gasteiger partial charge in [0.1, 0.15) is 18.2 Å². The van der Waals surface area contributed by atoms with E-state index in [4.69, 9.17) is 9.16 Å². The maximum Gasteiger partial charge on any atom is 0.329 e. The number of carbonyl (C=O) groups excluding carboxylic acids is 4. The molecule has 3 amide bonds. The third kappa shape index (κ3) is 11.2. The van der Waals surface area contributed by atoms with E-state index in [1.165, 1.54) is 12.2 Å². The van der Waals surface area contributed by atoms with Gasteiger partial charge in [-0.2, -0.15) is 0 Å². The highest BCUT2D eigenvalue weighted by molar-refractivity contribution is 6.99. The highest BCUT2D eigenvalue weighted by atomic mass is 28.4. The monoisotopic (exact) mass is 731 g/mol. The van der Waals surface area contributed by atoms with Crippen LogP contribution in [0.3, 0.4) is 0 Å². The Labute approximate surface area is 312 Å². The van der Waals surface area contributed by atoms with Gasteiger partial charge in [0.15, 0.2) is 0 Å². The molecule has 0 bridgehead atoms. The third-order valence-corrected chi connectivity index (χ3v) is 15.0. The van der Waals surface area contributed by atoms with Crippen LogP contribution < -0.4 is 26.3 Å². The normalized spacial score (nSPS) is 22.4. The Morgan fingerprint density at radius 2 is 1.44 bits per heavy atom. The van der Waals surface area contributed by atoms with Crippen molar-refractivity contribution in [3.63, 3.8) is 0 Å². The molecule has 52 heavy (non-hydrogen) atoms. The molecule has 0 saturated carbocycles. The zero-order valence-corrected chi connectivity index (χ0v) is 33.5. The van der Waals surface area contributed by atoms with Gasteiger partial charge in [-0.15, -0.1) is 0 Å². The number of carbonyl (C=O) groups is 4. The molecule has 0 aromatic heterocycles. The average Bonchev–Trinajstić information content (AvgIpc) is 3.10. The minimum atomic E-state index is -2.94. The van der Waals surface area contributed by atoms with E-state index in [2.05, 4.69) is 74.5 Å². The lowest BCUT2D eigenvalue weighted by Gasteiger charge is -2.43. The summed E-state index contributed by atoms with van der Waals surface area (Å²) in [5.74, 6) is -3.38. The maximum absolute atomic E-state index is 14.3. The average molecular weight is 732 g/mol. The first kappa shape index (κ1) is 42.4. The number of hydrogen-bond donors (Lipinski definition) is 3. The van der Waals surface area contributed by atoms with Crippen LogP contribution in [0.4, 0.5) is 0 Å². The Morgan fingerprint density at radius 1 is 0.846 bits per heavy atom. The van der Waals surface area contributed by atoms with Crippen molar-refractivity contribution in [3.8, 4) is 0 Å². The van der Waals surface area contributed by atoms with Gasteiger partial charge in [-0.25, -0.2) is 4.79 Å². The van der Waals surface area contributed by atoms with Crippen molar-refractivity contribution in [2.24, 2.45) is 17.8 Å². The van der Waals surface area contributed by atoms with E-state index in [1.54, 1.807) is 6.92 Å². The molecule has 5 atom stereocenters. The second kappa shape index (κ2) is 19.7. The second-order valence-electron chi connectivity index (χ2n) is 15.4. The summed E-state index contributed by atoms with van der Waals surface area (Å²) in [5, 5.41) is 10.2. The number of hydrogen-bond acceptors (Lipinski definition) is 6. The van der Waals surface area contributed by atoms with Crippen LogP contribution >= 0.6 is 0 Å². The summed E-state index contributed by atoms with van der Waals surface area (Å²) in [6, 6.07) is 18.7. The van der Waals surface area contributed by atoms with Gasteiger partial charge >= 0.3 is 5.97 Å². The zero-order chi connectivity index (χ0) is 38.5. The van der Waals surface area contributed by atoms with Crippen LogP contribution in [0.2, 0.25) is 5.04 Å². The molecule has 2 aromatic carbocycles. The van der Waals surface area contributed by atoms with Crippen LogP contribution in [0.5, 0.6) is 0 Å². The van der Waals surface area contributed by atoms with E-state index in [-0.39, 0.29) is 41.5 Å². The molecule has 0 unspecified atom stereocenters. The van der Waals surface area contributed by atoms with E-state index in [0.717, 1.165) is 42.5 Å². The summed E-state index contributed by atoms with van der Waals surface area (Å²) in [6.07, 6.45) is 6.91. The maximum atomic E-state index is 14.3. The van der Waals surface area contributed by atoms with E-state index in [9.17, 15) is 19.2 Å². The Morgan fingerprint density at radius 3 is 1.98 bits per heavy atom. The van der Waals surface area contributed by atoms with Gasteiger partial charge in [-0.05, 0) is 53.1 Å². The number of benzene rings is 2. The fourth-order valence-electron chi connectivity index (χ4n) is 6.98. The SMILES string of the molecule is C=C1/C=C/C(=O)N[C@@H](C)C(=O)N[C@H](C(C)C)C(=O)O[C@H]([C@H](C)CCCCCC)[C@@H](CCO[Si](c2ccccc2)(c2ccccc2)C(C)(C)C)C(=O)N1. The van der Waals surface area contributed by atoms with Crippen LogP contribution in [-0.2, 0) is 28.3 Å². The number of cyclic esters (lactones) is 1. The number of esters is 1. The van der Waals surface area contributed by atoms with Crippen molar-refractivity contribution in [2.45, 2.75) is 117 Å². The predicted octanol–water partition coefficient (Wildman–Crippen LogP) is 5.93. The van der Waals surface area contributed by atoms with Crippen molar-refractivity contribution in [1.82, 2.24) is 16.0 Å². The third-order valence-electron chi connectivity index (χ3n) is 9.91. The summed E-state index contributed by atoms with van der Waals surface area (Å²) < 4.78 is 13.6. The molecule has 10 heteroatoms. The minimum absolute atomic E-state index is 0.186. The first-order valence-electron chi connectivity index (χ1n) is 18.9. The summed E-state index contributed by atoms with van der Waals surface area (Å²) >= 11 is 0. The quantitative estimate of drug-likeness (QED) is 0.133. The lowest BCUT2D eigenvalue weighted by atomic mass is 9.85. The van der Waals surface area contributed by atoms with Gasteiger partial charge in [0, 0.05) is 18.4 Å². The van der Waals surface area contributed by atoms with E-state index in [1.807, 2.05) is 57.2 Å². The molecule has 1 heterocycles. The molecule has 0 fully saturated rings. The Bertz CT molecular complexity index is 1480. The molecular formula is C42H61N3O6Si. The highest BCUT2D eigenvalue weighted by Crippen LogP contribution is 2.37. The Balaban J connectivity index is 2.11. The molecule has 3 rings (SSSR count). The van der Waals surface area contributed by atoms with Crippen molar-refractivity contribution >= 4 is 42.4 Å². The molecule has 9 nitrogen and oxygen atoms in total. The molecular weight excluding hydrogens is 671 g/mol. The molecule has 0 saturated heterocycles. The largest absolute Gasteiger partial charge is 0.460 e. The van der Waals surface area contributed by atoms with Gasteiger partial charge in [-0.3, -0.25) is 14.4 Å². The first-order chi connectivity index (χ1) is 24.6. The Kier molecular flexibility index (Phi) is 16.1. The predicted molar refractivity (Wildman–Crippen MR) is 210 cm³/mol. The van der Waals surface area contributed by atoms with Crippen molar-refractivity contribution in [2.75, 3.05) is 6.61 Å². The standard InChI is InChI=1S/C42H61N3O6Si/c1-10-11-12-15-20-30(4)38-35(27-28-50-52(42(7,8)9,33-21-16-13-17-22-33)34-23-18-14-19-24-34)40(48)43-31(5)25-26-36(46)44-32(6)39(47)45-37(29(2)3)41(49)51-38/h13-14,16-19,21-26,29-30,32,35,37-38H,5,10-12,15,20,27-28H2,1-4,6-9H3,(H,43,48)(H,44,46)(H,45,47)/b26-25+/t30-,32+,35-,37-,38-/m1/s1. The lowest BCUT2D eigenvalue weighted by Crippen LogP contribution is -2.66. The van der Waals surface area contributed by atoms with Crippen molar-refractivity contribution in [1.29, 1.82) is 0 Å². The van der Waals surface area contributed by atoms with Gasteiger partial charge in [-0.1, -0.05) is 141 Å². The summed E-state index contributed by atoms with van der Waals surface area (Å²) in [6.45, 7) is 20.1. The molecule has 0 spiro atoms. The van der Waals surface area contributed by atoms with Gasteiger partial charge < -0.3 is 25.1 Å². The number of allylic oxidation sites excluding steroid dienone is 1. The molecule has 3 N–H and O–H groups in total. The number of rotatable bonds is 13. The van der Waals surface area contributed by atoms with Crippen LogP contribution in [0, 0.1) is 17.8 Å². The fraction of sp³-hybridized carbons (Fsp3) is 0.524. The first-order valence-corrected chi connectivity index (χ1v) is 20.8. The topological polar surface area (TPSA) is 123 Å². The summed E-state index contributed by atoms with van der Waals surface area (Å²) in [5.41, 5.74) is 0.200. The number of nitrogens with one attached hydrogen (secondary N) is 3. The minimum Gasteiger partial charge on any atom is -0.460 e. The highest BCUT2D eigenvalue weighted by Gasteiger charge is 2.50. The lowest BCUT2D eigenvalue weighted by molar-refractivity contribution is -0.162. The van der Waals surface area contributed by atoms with Gasteiger partial charge in [0.25, 0.3) is 8.32 Å². The molecule has 2 aromatic rings. The fourth-order valence-corrected chi connectivity index (χ4v) is 11.6. The van der Waals surface area contributed by atoms with Crippen molar-refractivity contribution in [3.05, 3.63) is 85.1 Å². The summed E-state index contributed by atoms with van der Waals surface area (Å²) in [7, 11) is -2.94. The van der Waals surface area contributed by atoms with Gasteiger partial charge in [0.05, 0.1) is 5.92 Å². The van der Waals surface area contributed by atoms with Crippen LogP contribution in [0.1, 0.15) is 93.9 Å². The van der Waals surface area contributed by atoms with Gasteiger partial charge in [0.2, 0.25) is 17.7 Å². The molecule has 0 aliphatic carbocycles. The van der Waals surface area contributed by atoms with Crippen LogP contribution in [0.25, 0.3) is 0 Å². The number of amides is 3. The van der Waals surface area contributed by atoms with Crippen LogP contribution in [0.15, 0.2) is 85.1 Å². The summed E-state index contributed by atoms with van der Waals surface area (Å²) in [4.78, 5) is 54.2. The number of unbranched alkanes of at least 4 members (excludes halogenated alkanes) is 3. The molecule has 1 aliphatic heterocycles. The molecule has 284 valence electrons. The molecule has 1 aliphatic rings.